The van der Waals surface area contributed by atoms with E-state index in [2.05, 4.69) is 14.8 Å². The minimum Gasteiger partial charge on any atom is -0.481 e. The first-order valence-electron chi connectivity index (χ1n) is 8.05. The molecule has 6 N–H and O–H groups in total. The number of ether oxygens (including phenoxy) is 1. The molecule has 27 heavy (non-hydrogen) atoms. The summed E-state index contributed by atoms with van der Waals surface area (Å²) in [6, 6.07) is 0. The van der Waals surface area contributed by atoms with Gasteiger partial charge in [0.05, 0.1) is 32.1 Å². The second-order valence-electron chi connectivity index (χ2n) is 6.16. The van der Waals surface area contributed by atoms with Gasteiger partial charge in [0.2, 0.25) is 0 Å². The average Bonchev–Trinajstić information content (AvgIpc) is 3.15. The van der Waals surface area contributed by atoms with Crippen LogP contribution >= 0.6 is 7.82 Å². The van der Waals surface area contributed by atoms with E-state index in [1.165, 1.54) is 11.2 Å². The SMILES string of the molecule is N=C1c2ncn([C@H]3C[C@H](O)[C@@H](COP(=O)(O)O)O3)c2NCN1CCC(=O)O. The van der Waals surface area contributed by atoms with E-state index in [0.717, 1.165) is 0 Å². The number of aliphatic hydroxyl groups excluding tert-OH is 1. The smallest absolute Gasteiger partial charge is 0.469 e. The number of nitrogens with zero attached hydrogens (tertiary/aromatic N) is 3. The number of carbonyl (C=O) groups is 1. The highest BCUT2D eigenvalue weighted by atomic mass is 31.2. The topological polar surface area (TPSA) is 190 Å². The molecule has 0 aliphatic carbocycles. The van der Waals surface area contributed by atoms with Crippen LogP contribution in [0.15, 0.2) is 6.33 Å². The van der Waals surface area contributed by atoms with Crippen LogP contribution in [-0.2, 0) is 18.6 Å². The van der Waals surface area contributed by atoms with E-state index in [0.29, 0.717) is 11.5 Å². The number of fused-ring (bicyclic) bond motifs is 1. The Bertz CT molecular complexity index is 779. The highest BCUT2D eigenvalue weighted by Crippen LogP contribution is 2.39. The molecule has 3 rings (SSSR count). The maximum absolute atomic E-state index is 10.8. The normalized spacial score (nSPS) is 25.4. The first kappa shape index (κ1) is 19.7. The summed E-state index contributed by atoms with van der Waals surface area (Å²) in [5.74, 6) is -0.403. The lowest BCUT2D eigenvalue weighted by Gasteiger charge is -2.30. The molecule has 0 aromatic carbocycles. The van der Waals surface area contributed by atoms with E-state index >= 15 is 0 Å². The fourth-order valence-corrected chi connectivity index (χ4v) is 3.30. The Kier molecular flexibility index (Phi) is 5.51. The number of rotatable bonds is 7. The van der Waals surface area contributed by atoms with Gasteiger partial charge in [0.25, 0.3) is 0 Å². The monoisotopic (exact) mass is 405 g/mol. The molecular formula is C13H20N5O8P. The number of aliphatic hydroxyl groups is 1. The predicted molar refractivity (Wildman–Crippen MR) is 89.0 cm³/mol. The second kappa shape index (κ2) is 7.54. The van der Waals surface area contributed by atoms with Gasteiger partial charge in [-0.25, -0.2) is 9.55 Å². The summed E-state index contributed by atoms with van der Waals surface area (Å²) in [6.45, 7) is -0.0935. The van der Waals surface area contributed by atoms with Crippen LogP contribution in [-0.4, -0.2) is 78.3 Å². The van der Waals surface area contributed by atoms with Crippen LogP contribution in [0.25, 0.3) is 0 Å². The number of hydrogen-bond donors (Lipinski definition) is 6. The number of hydrogen-bond acceptors (Lipinski definition) is 8. The summed E-state index contributed by atoms with van der Waals surface area (Å²) < 4.78 is 22.4. The van der Waals surface area contributed by atoms with Crippen molar-refractivity contribution >= 4 is 25.4 Å². The Labute approximate surface area is 153 Å². The molecule has 0 spiro atoms. The third-order valence-electron chi connectivity index (χ3n) is 4.29. The Hall–Kier alpha value is -2.02. The molecule has 14 heteroatoms. The van der Waals surface area contributed by atoms with Crippen LogP contribution in [0.2, 0.25) is 0 Å². The average molecular weight is 405 g/mol. The molecule has 13 nitrogen and oxygen atoms in total. The maximum atomic E-state index is 10.8. The molecular weight excluding hydrogens is 385 g/mol. The summed E-state index contributed by atoms with van der Waals surface area (Å²) >= 11 is 0. The van der Waals surface area contributed by atoms with Crippen LogP contribution < -0.4 is 5.32 Å². The molecule has 0 amide bonds. The third-order valence-corrected chi connectivity index (χ3v) is 4.77. The van der Waals surface area contributed by atoms with Gasteiger partial charge in [0, 0.05) is 13.0 Å². The number of aliphatic carboxylic acids is 1. The van der Waals surface area contributed by atoms with Crippen LogP contribution in [0.4, 0.5) is 5.82 Å². The number of amidine groups is 1. The maximum Gasteiger partial charge on any atom is 0.469 e. The van der Waals surface area contributed by atoms with Crippen molar-refractivity contribution < 1.29 is 38.6 Å². The molecule has 0 bridgehead atoms. The zero-order valence-corrected chi connectivity index (χ0v) is 15.0. The molecule has 0 radical (unpaired) electrons. The minimum absolute atomic E-state index is 0.0729. The van der Waals surface area contributed by atoms with Crippen LogP contribution in [0.3, 0.4) is 0 Å². The lowest BCUT2D eigenvalue weighted by Crippen LogP contribution is -2.41. The molecule has 3 atom stereocenters. The number of anilines is 1. The number of carboxylic acid groups (broad SMARTS) is 1. The number of aromatic nitrogens is 2. The zero-order chi connectivity index (χ0) is 19.8. The van der Waals surface area contributed by atoms with Gasteiger partial charge in [0.1, 0.15) is 23.8 Å². The minimum atomic E-state index is -4.67. The first-order valence-corrected chi connectivity index (χ1v) is 9.58. The molecule has 0 unspecified atom stereocenters. The van der Waals surface area contributed by atoms with Gasteiger partial charge in [-0.3, -0.25) is 19.3 Å². The summed E-state index contributed by atoms with van der Waals surface area (Å²) in [6.07, 6.45) is -1.11. The lowest BCUT2D eigenvalue weighted by atomic mass is 10.2. The molecule has 1 saturated heterocycles. The van der Waals surface area contributed by atoms with Crippen LogP contribution in [0.5, 0.6) is 0 Å². The van der Waals surface area contributed by atoms with E-state index in [-0.39, 0.29) is 31.9 Å². The van der Waals surface area contributed by atoms with E-state index in [9.17, 15) is 14.5 Å². The second-order valence-corrected chi connectivity index (χ2v) is 7.40. The van der Waals surface area contributed by atoms with E-state index in [4.69, 9.17) is 25.0 Å². The highest BCUT2D eigenvalue weighted by Gasteiger charge is 2.38. The van der Waals surface area contributed by atoms with Crippen LogP contribution in [0.1, 0.15) is 24.8 Å². The molecule has 1 aromatic rings. The lowest BCUT2D eigenvalue weighted by molar-refractivity contribution is -0.137. The largest absolute Gasteiger partial charge is 0.481 e. The van der Waals surface area contributed by atoms with Crippen molar-refractivity contribution in [3.05, 3.63) is 12.0 Å². The summed E-state index contributed by atoms with van der Waals surface area (Å²) in [7, 11) is -4.67. The van der Waals surface area contributed by atoms with E-state index in [1.807, 2.05) is 0 Å². The number of phosphoric acid groups is 1. The van der Waals surface area contributed by atoms with Crippen molar-refractivity contribution in [1.82, 2.24) is 14.5 Å². The summed E-state index contributed by atoms with van der Waals surface area (Å²) in [5, 5.41) is 30.1. The van der Waals surface area contributed by atoms with Crippen molar-refractivity contribution in [2.24, 2.45) is 0 Å². The Morgan fingerprint density at radius 3 is 2.93 bits per heavy atom. The number of carboxylic acids is 1. The Balaban J connectivity index is 1.68. The number of phosphoric ester groups is 1. The van der Waals surface area contributed by atoms with Gasteiger partial charge in [0.15, 0.2) is 5.84 Å². The molecule has 1 fully saturated rings. The van der Waals surface area contributed by atoms with Crippen molar-refractivity contribution in [2.75, 3.05) is 25.1 Å². The van der Waals surface area contributed by atoms with E-state index < -0.39 is 38.8 Å². The molecule has 150 valence electrons. The van der Waals surface area contributed by atoms with E-state index in [1.54, 1.807) is 4.57 Å². The molecule has 2 aliphatic rings. The first-order chi connectivity index (χ1) is 12.7. The Morgan fingerprint density at radius 1 is 1.52 bits per heavy atom. The molecule has 1 aromatic heterocycles. The Morgan fingerprint density at radius 2 is 2.26 bits per heavy atom. The zero-order valence-electron chi connectivity index (χ0n) is 14.1. The van der Waals surface area contributed by atoms with Gasteiger partial charge in [-0.2, -0.15) is 0 Å². The highest BCUT2D eigenvalue weighted by molar-refractivity contribution is 7.46. The van der Waals surface area contributed by atoms with Gasteiger partial charge >= 0.3 is 13.8 Å². The predicted octanol–water partition coefficient (Wildman–Crippen LogP) is -0.874. The summed E-state index contributed by atoms with van der Waals surface area (Å²) in [4.78, 5) is 33.9. The number of imidazole rings is 1. The molecule has 2 aliphatic heterocycles. The van der Waals surface area contributed by atoms with Crippen molar-refractivity contribution in [3.63, 3.8) is 0 Å². The quantitative estimate of drug-likeness (QED) is 0.309. The third kappa shape index (κ3) is 4.46. The van der Waals surface area contributed by atoms with Crippen molar-refractivity contribution in [2.45, 2.75) is 31.3 Å². The van der Waals surface area contributed by atoms with Crippen LogP contribution in [0, 0.1) is 5.41 Å². The summed E-state index contributed by atoms with van der Waals surface area (Å²) in [5.41, 5.74) is 0.319. The fraction of sp³-hybridized carbons (Fsp3) is 0.615. The number of nitrogens with one attached hydrogen (secondary N) is 2. The molecule has 3 heterocycles. The van der Waals surface area contributed by atoms with Gasteiger partial charge in [-0.1, -0.05) is 0 Å². The molecule has 0 saturated carbocycles. The fourth-order valence-electron chi connectivity index (χ4n) is 2.95. The van der Waals surface area contributed by atoms with Crippen molar-refractivity contribution in [3.8, 4) is 0 Å². The van der Waals surface area contributed by atoms with Gasteiger partial charge < -0.3 is 35.0 Å². The van der Waals surface area contributed by atoms with Crippen molar-refractivity contribution in [1.29, 1.82) is 5.41 Å². The standard InChI is InChI=1S/C13H20N5O8P/c14-12-11-13(16-5-17(12)2-1-10(20)21)18(6-15-11)9-3-7(19)8(26-9)4-25-27(22,23)24/h6-9,14,16,19H,1-5H2,(H,20,21)(H2,22,23,24)/t7-,8+,9+/m0/s1. The van der Waals surface area contributed by atoms with Gasteiger partial charge in [-0.15, -0.1) is 0 Å². The van der Waals surface area contributed by atoms with Gasteiger partial charge in [-0.05, 0) is 0 Å².